The molecular formula is C15H22N2O3. The fraction of sp³-hybridized carbons (Fsp3) is 0.867. The van der Waals surface area contributed by atoms with Crippen LogP contribution in [0.5, 0.6) is 0 Å². The third-order valence-electron chi connectivity index (χ3n) is 5.85. The molecule has 6 unspecified atom stereocenters. The van der Waals surface area contributed by atoms with Crippen LogP contribution in [0.1, 0.15) is 32.6 Å². The minimum atomic E-state index is -0.207. The zero-order valence-electron chi connectivity index (χ0n) is 11.8. The van der Waals surface area contributed by atoms with E-state index in [2.05, 4.69) is 6.92 Å². The smallest absolute Gasteiger partial charge is 0.233 e. The van der Waals surface area contributed by atoms with Crippen LogP contribution in [-0.2, 0) is 14.3 Å². The summed E-state index contributed by atoms with van der Waals surface area (Å²) in [7, 11) is 0. The van der Waals surface area contributed by atoms with Crippen LogP contribution in [-0.4, -0.2) is 41.5 Å². The lowest BCUT2D eigenvalue weighted by Gasteiger charge is -2.54. The van der Waals surface area contributed by atoms with Gasteiger partial charge in [-0.1, -0.05) is 6.92 Å². The highest BCUT2D eigenvalue weighted by Gasteiger charge is 2.61. The van der Waals surface area contributed by atoms with E-state index in [1.165, 1.54) is 4.90 Å². The molecule has 0 aromatic rings. The molecule has 0 bridgehead atoms. The number of hydrogen-bond donors (Lipinski definition) is 1. The molecule has 4 rings (SSSR count). The second kappa shape index (κ2) is 4.28. The van der Waals surface area contributed by atoms with Gasteiger partial charge < -0.3 is 10.5 Å². The average Bonchev–Trinajstić information content (AvgIpc) is 2.92. The number of nitrogens with two attached hydrogens (primary N) is 1. The van der Waals surface area contributed by atoms with Crippen LogP contribution in [0.15, 0.2) is 0 Å². The molecule has 5 heteroatoms. The number of ether oxygens (including phenoxy) is 1. The van der Waals surface area contributed by atoms with Crippen LogP contribution in [0.25, 0.3) is 0 Å². The predicted molar refractivity (Wildman–Crippen MR) is 71.5 cm³/mol. The summed E-state index contributed by atoms with van der Waals surface area (Å²) in [5.74, 6) is 0.650. The first-order valence-electron chi connectivity index (χ1n) is 7.83. The highest BCUT2D eigenvalue weighted by Crippen LogP contribution is 2.48. The third kappa shape index (κ3) is 1.51. The molecule has 0 aromatic carbocycles. The van der Waals surface area contributed by atoms with Gasteiger partial charge in [-0.15, -0.1) is 0 Å². The Hall–Kier alpha value is -0.940. The number of amides is 2. The Labute approximate surface area is 118 Å². The molecule has 20 heavy (non-hydrogen) atoms. The maximum Gasteiger partial charge on any atom is 0.233 e. The van der Waals surface area contributed by atoms with Crippen molar-refractivity contribution in [2.45, 2.75) is 50.8 Å². The molecule has 2 amide bonds. The zero-order valence-corrected chi connectivity index (χ0v) is 11.8. The highest BCUT2D eigenvalue weighted by molar-refractivity contribution is 6.06. The molecule has 2 saturated heterocycles. The predicted octanol–water partition coefficient (Wildman–Crippen LogP) is 0.522. The first-order valence-corrected chi connectivity index (χ1v) is 7.83. The van der Waals surface area contributed by atoms with E-state index in [9.17, 15) is 9.59 Å². The lowest BCUT2D eigenvalue weighted by atomic mass is 9.68. The molecule has 0 aromatic heterocycles. The summed E-state index contributed by atoms with van der Waals surface area (Å²) < 4.78 is 5.79. The van der Waals surface area contributed by atoms with Gasteiger partial charge in [-0.2, -0.15) is 0 Å². The first kappa shape index (κ1) is 12.8. The number of likely N-dealkylation sites (tertiary alicyclic amines) is 1. The van der Waals surface area contributed by atoms with Gasteiger partial charge in [-0.05, 0) is 31.6 Å². The molecule has 4 fully saturated rings. The van der Waals surface area contributed by atoms with Gasteiger partial charge in [-0.25, -0.2) is 0 Å². The number of imide groups is 1. The molecule has 6 atom stereocenters. The number of rotatable bonds is 1. The summed E-state index contributed by atoms with van der Waals surface area (Å²) >= 11 is 0. The van der Waals surface area contributed by atoms with Crippen molar-refractivity contribution in [3.05, 3.63) is 0 Å². The number of fused-ring (bicyclic) bond motifs is 2. The SMILES string of the molecule is CC1CC2C(=O)N(C3C(N)C4CCCOC43)C(=O)C2C1. The summed E-state index contributed by atoms with van der Waals surface area (Å²) in [5, 5.41) is 0. The maximum atomic E-state index is 12.6. The molecule has 0 radical (unpaired) electrons. The van der Waals surface area contributed by atoms with E-state index in [4.69, 9.17) is 10.5 Å². The summed E-state index contributed by atoms with van der Waals surface area (Å²) in [4.78, 5) is 26.7. The quantitative estimate of drug-likeness (QED) is 0.710. The van der Waals surface area contributed by atoms with Crippen molar-refractivity contribution in [1.82, 2.24) is 4.90 Å². The Morgan fingerprint density at radius 2 is 1.85 bits per heavy atom. The summed E-state index contributed by atoms with van der Waals surface area (Å²) in [6.45, 7) is 2.85. The molecule has 2 aliphatic carbocycles. The van der Waals surface area contributed by atoms with Crippen molar-refractivity contribution >= 4 is 11.8 Å². The topological polar surface area (TPSA) is 72.6 Å². The second-order valence-electron chi connectivity index (χ2n) is 7.05. The van der Waals surface area contributed by atoms with Crippen molar-refractivity contribution < 1.29 is 14.3 Å². The maximum absolute atomic E-state index is 12.6. The average molecular weight is 278 g/mol. The van der Waals surface area contributed by atoms with Gasteiger partial charge in [0.25, 0.3) is 0 Å². The Bertz CT molecular complexity index is 442. The van der Waals surface area contributed by atoms with Gasteiger partial charge in [0.1, 0.15) is 0 Å². The van der Waals surface area contributed by atoms with Crippen molar-refractivity contribution in [2.75, 3.05) is 6.61 Å². The van der Waals surface area contributed by atoms with Crippen LogP contribution in [0.4, 0.5) is 0 Å². The minimum absolute atomic E-state index is 0.0112. The Kier molecular flexibility index (Phi) is 2.73. The normalized spacial score (nSPS) is 50.9. The molecule has 2 saturated carbocycles. The van der Waals surface area contributed by atoms with Gasteiger partial charge in [0.05, 0.1) is 24.0 Å². The highest BCUT2D eigenvalue weighted by atomic mass is 16.5. The van der Waals surface area contributed by atoms with Gasteiger partial charge >= 0.3 is 0 Å². The van der Waals surface area contributed by atoms with Crippen molar-refractivity contribution in [3.63, 3.8) is 0 Å². The van der Waals surface area contributed by atoms with Crippen LogP contribution in [0, 0.1) is 23.7 Å². The van der Waals surface area contributed by atoms with Crippen molar-refractivity contribution in [3.8, 4) is 0 Å². The molecule has 2 N–H and O–H groups in total. The number of carbonyl (C=O) groups excluding carboxylic acids is 2. The van der Waals surface area contributed by atoms with Gasteiger partial charge in [0, 0.05) is 18.6 Å². The van der Waals surface area contributed by atoms with E-state index in [0.717, 1.165) is 32.3 Å². The van der Waals surface area contributed by atoms with E-state index < -0.39 is 0 Å². The zero-order chi connectivity index (χ0) is 14.0. The van der Waals surface area contributed by atoms with Crippen molar-refractivity contribution in [2.24, 2.45) is 29.4 Å². The summed E-state index contributed by atoms with van der Waals surface area (Å²) in [6.07, 6.45) is 3.78. The van der Waals surface area contributed by atoms with Gasteiger partial charge in [0.15, 0.2) is 0 Å². The molecule has 110 valence electrons. The lowest BCUT2D eigenvalue weighted by Crippen LogP contribution is -2.73. The fourth-order valence-corrected chi connectivity index (χ4v) is 4.83. The third-order valence-corrected chi connectivity index (χ3v) is 5.85. The van der Waals surface area contributed by atoms with E-state index >= 15 is 0 Å². The standard InChI is InChI=1S/C15H22N2O3/c1-7-5-9-10(6-7)15(19)17(14(9)18)12-11(16)8-3-2-4-20-13(8)12/h7-13H,2-6,16H2,1H3. The Balaban J connectivity index is 1.58. The largest absolute Gasteiger partial charge is 0.376 e. The molecule has 0 spiro atoms. The molecular weight excluding hydrogens is 256 g/mol. The van der Waals surface area contributed by atoms with Gasteiger partial charge in [0.2, 0.25) is 11.8 Å². The summed E-state index contributed by atoms with van der Waals surface area (Å²) in [6, 6.07) is -0.300. The number of nitrogens with zero attached hydrogens (tertiary/aromatic N) is 1. The number of carbonyl (C=O) groups is 2. The lowest BCUT2D eigenvalue weighted by molar-refractivity contribution is -0.174. The van der Waals surface area contributed by atoms with E-state index in [1.807, 2.05) is 0 Å². The van der Waals surface area contributed by atoms with Crippen LogP contribution >= 0.6 is 0 Å². The first-order chi connectivity index (χ1) is 9.59. The summed E-state index contributed by atoms with van der Waals surface area (Å²) in [5.41, 5.74) is 6.23. The fourth-order valence-electron chi connectivity index (χ4n) is 4.83. The molecule has 2 aliphatic heterocycles. The number of hydrogen-bond acceptors (Lipinski definition) is 4. The Morgan fingerprint density at radius 3 is 2.50 bits per heavy atom. The van der Waals surface area contributed by atoms with E-state index in [0.29, 0.717) is 11.8 Å². The van der Waals surface area contributed by atoms with Crippen LogP contribution < -0.4 is 5.73 Å². The minimum Gasteiger partial charge on any atom is -0.376 e. The van der Waals surface area contributed by atoms with Crippen molar-refractivity contribution in [1.29, 1.82) is 0 Å². The molecule has 5 nitrogen and oxygen atoms in total. The van der Waals surface area contributed by atoms with E-state index in [1.54, 1.807) is 0 Å². The molecule has 4 aliphatic rings. The monoisotopic (exact) mass is 278 g/mol. The van der Waals surface area contributed by atoms with E-state index in [-0.39, 0.29) is 41.8 Å². The Morgan fingerprint density at radius 1 is 1.20 bits per heavy atom. The molecule has 2 heterocycles. The van der Waals surface area contributed by atoms with Crippen LogP contribution in [0.3, 0.4) is 0 Å². The second-order valence-corrected chi connectivity index (χ2v) is 7.05. The van der Waals surface area contributed by atoms with Crippen LogP contribution in [0.2, 0.25) is 0 Å². The van der Waals surface area contributed by atoms with Gasteiger partial charge in [-0.3, -0.25) is 14.5 Å².